The van der Waals surface area contributed by atoms with Crippen molar-refractivity contribution in [2.45, 2.75) is 0 Å². The monoisotopic (exact) mass is 312 g/mol. The highest BCUT2D eigenvalue weighted by Crippen LogP contribution is 2.12. The molecule has 0 aromatic heterocycles. The number of benzene rings is 1. The van der Waals surface area contributed by atoms with Crippen molar-refractivity contribution < 1.29 is 9.59 Å². The summed E-state index contributed by atoms with van der Waals surface area (Å²) < 4.78 is 0.875. The maximum absolute atomic E-state index is 12.0. The van der Waals surface area contributed by atoms with Gasteiger partial charge in [0.25, 0.3) is 0 Å². The molecule has 0 heterocycles. The normalized spacial score (nSPS) is 10.5. The SMILES string of the molecule is CN(CC(=O)c1cccc(Br)c1)CC(=O)N(C)C. The minimum absolute atomic E-state index is 0.00496. The van der Waals surface area contributed by atoms with E-state index in [0.717, 1.165) is 4.47 Å². The summed E-state index contributed by atoms with van der Waals surface area (Å²) >= 11 is 3.33. The summed E-state index contributed by atoms with van der Waals surface area (Å²) in [6, 6.07) is 7.25. The zero-order chi connectivity index (χ0) is 13.7. The fourth-order valence-electron chi connectivity index (χ4n) is 1.43. The molecular weight excluding hydrogens is 296 g/mol. The summed E-state index contributed by atoms with van der Waals surface area (Å²) in [6.45, 7) is 0.475. The molecule has 0 spiro atoms. The van der Waals surface area contributed by atoms with Gasteiger partial charge in [0.15, 0.2) is 5.78 Å². The number of carbonyl (C=O) groups is 2. The lowest BCUT2D eigenvalue weighted by atomic mass is 10.1. The lowest BCUT2D eigenvalue weighted by Gasteiger charge is -2.18. The Bertz CT molecular complexity index is 446. The molecule has 0 aliphatic carbocycles. The predicted octanol–water partition coefficient (Wildman–Crippen LogP) is 1.65. The fraction of sp³-hybridized carbons (Fsp3) is 0.385. The first-order valence-electron chi connectivity index (χ1n) is 5.57. The van der Waals surface area contributed by atoms with E-state index in [4.69, 9.17) is 0 Å². The molecule has 1 rings (SSSR count). The smallest absolute Gasteiger partial charge is 0.236 e. The minimum Gasteiger partial charge on any atom is -0.348 e. The van der Waals surface area contributed by atoms with Gasteiger partial charge < -0.3 is 4.90 Å². The van der Waals surface area contributed by atoms with Gasteiger partial charge >= 0.3 is 0 Å². The number of ketones is 1. The van der Waals surface area contributed by atoms with Crippen molar-refractivity contribution in [1.29, 1.82) is 0 Å². The summed E-state index contributed by atoms with van der Waals surface area (Å²) in [5.41, 5.74) is 0.647. The third kappa shape index (κ3) is 4.58. The molecule has 0 aliphatic heterocycles. The summed E-state index contributed by atoms with van der Waals surface area (Å²) in [5.74, 6) is -0.00935. The van der Waals surface area contributed by atoms with Gasteiger partial charge in [-0.05, 0) is 19.2 Å². The molecule has 0 saturated carbocycles. The number of hydrogen-bond donors (Lipinski definition) is 0. The number of nitrogens with zero attached hydrogens (tertiary/aromatic N) is 2. The van der Waals surface area contributed by atoms with Crippen molar-refractivity contribution >= 4 is 27.6 Å². The molecule has 0 radical (unpaired) electrons. The lowest BCUT2D eigenvalue weighted by molar-refractivity contribution is -0.129. The van der Waals surface area contributed by atoms with E-state index >= 15 is 0 Å². The molecule has 4 nitrogen and oxygen atoms in total. The van der Waals surface area contributed by atoms with Gasteiger partial charge in [0.2, 0.25) is 5.91 Å². The second-order valence-corrected chi connectivity index (χ2v) is 5.31. The Morgan fingerprint density at radius 1 is 1.17 bits per heavy atom. The van der Waals surface area contributed by atoms with E-state index in [-0.39, 0.29) is 24.8 Å². The van der Waals surface area contributed by atoms with Crippen molar-refractivity contribution in [1.82, 2.24) is 9.80 Å². The van der Waals surface area contributed by atoms with Crippen LogP contribution in [-0.2, 0) is 4.79 Å². The van der Waals surface area contributed by atoms with Gasteiger partial charge in [-0.1, -0.05) is 28.1 Å². The molecule has 0 fully saturated rings. The van der Waals surface area contributed by atoms with Crippen LogP contribution in [0.5, 0.6) is 0 Å². The Balaban J connectivity index is 2.57. The van der Waals surface area contributed by atoms with Gasteiger partial charge in [0.05, 0.1) is 13.1 Å². The molecule has 18 heavy (non-hydrogen) atoms. The summed E-state index contributed by atoms with van der Waals surface area (Å²) in [6.07, 6.45) is 0. The van der Waals surface area contributed by atoms with Gasteiger partial charge in [0.1, 0.15) is 0 Å². The zero-order valence-electron chi connectivity index (χ0n) is 10.8. The number of carbonyl (C=O) groups excluding carboxylic acids is 2. The highest BCUT2D eigenvalue weighted by atomic mass is 79.9. The Morgan fingerprint density at radius 3 is 2.39 bits per heavy atom. The van der Waals surface area contributed by atoms with E-state index in [9.17, 15) is 9.59 Å². The summed E-state index contributed by atoms with van der Waals surface area (Å²) in [5, 5.41) is 0. The van der Waals surface area contributed by atoms with Crippen molar-refractivity contribution in [2.24, 2.45) is 0 Å². The Labute approximate surface area is 116 Å². The average molecular weight is 313 g/mol. The number of hydrogen-bond acceptors (Lipinski definition) is 3. The van der Waals surface area contributed by atoms with E-state index in [1.807, 2.05) is 12.1 Å². The maximum Gasteiger partial charge on any atom is 0.236 e. The predicted molar refractivity (Wildman–Crippen MR) is 74.7 cm³/mol. The Kier molecular flexibility index (Phi) is 5.50. The second-order valence-electron chi connectivity index (χ2n) is 4.39. The Hall–Kier alpha value is -1.20. The molecule has 1 amide bonds. The largest absolute Gasteiger partial charge is 0.348 e. The van der Waals surface area contributed by atoms with Gasteiger partial charge in [-0.2, -0.15) is 0 Å². The van der Waals surface area contributed by atoms with Gasteiger partial charge in [-0.3, -0.25) is 14.5 Å². The van der Waals surface area contributed by atoms with E-state index in [2.05, 4.69) is 15.9 Å². The highest BCUT2D eigenvalue weighted by Gasteiger charge is 2.13. The molecule has 0 atom stereocenters. The fourth-order valence-corrected chi connectivity index (χ4v) is 1.83. The van der Waals surface area contributed by atoms with E-state index < -0.39 is 0 Å². The topological polar surface area (TPSA) is 40.6 Å². The maximum atomic E-state index is 12.0. The van der Waals surface area contributed by atoms with Crippen LogP contribution in [0.1, 0.15) is 10.4 Å². The molecular formula is C13H17BrN2O2. The molecule has 0 saturated heterocycles. The first-order valence-corrected chi connectivity index (χ1v) is 6.37. The standard InChI is InChI=1S/C13H17BrN2O2/c1-15(2)13(18)9-16(3)8-12(17)10-5-4-6-11(14)7-10/h4-7H,8-9H2,1-3H3. The quantitative estimate of drug-likeness (QED) is 0.776. The number of likely N-dealkylation sites (N-methyl/N-ethyl adjacent to an activating group) is 2. The molecule has 0 N–H and O–H groups in total. The molecule has 5 heteroatoms. The number of amides is 1. The minimum atomic E-state index is -0.0143. The van der Waals surface area contributed by atoms with Crippen LogP contribution >= 0.6 is 15.9 Å². The van der Waals surface area contributed by atoms with E-state index in [1.165, 1.54) is 4.90 Å². The van der Waals surface area contributed by atoms with Gasteiger partial charge in [-0.15, -0.1) is 0 Å². The van der Waals surface area contributed by atoms with Crippen LogP contribution in [0.3, 0.4) is 0 Å². The van der Waals surface area contributed by atoms with Crippen LogP contribution in [-0.4, -0.2) is 55.7 Å². The molecule has 0 unspecified atom stereocenters. The van der Waals surface area contributed by atoms with E-state index in [0.29, 0.717) is 5.56 Å². The molecule has 98 valence electrons. The first-order chi connectivity index (χ1) is 8.40. The molecule has 0 bridgehead atoms. The van der Waals surface area contributed by atoms with Crippen LogP contribution in [0, 0.1) is 0 Å². The van der Waals surface area contributed by atoms with Crippen LogP contribution in [0.15, 0.2) is 28.7 Å². The highest BCUT2D eigenvalue weighted by molar-refractivity contribution is 9.10. The number of Topliss-reactive ketones (excluding diaryl/α,β-unsaturated/α-hetero) is 1. The van der Waals surface area contributed by atoms with Crippen molar-refractivity contribution in [3.05, 3.63) is 34.3 Å². The first kappa shape index (κ1) is 14.9. The Morgan fingerprint density at radius 2 is 1.83 bits per heavy atom. The van der Waals surface area contributed by atoms with Gasteiger partial charge in [0, 0.05) is 24.1 Å². The summed E-state index contributed by atoms with van der Waals surface area (Å²) in [4.78, 5) is 26.7. The molecule has 0 aliphatic rings. The van der Waals surface area contributed by atoms with E-state index in [1.54, 1.807) is 38.2 Å². The van der Waals surface area contributed by atoms with Crippen LogP contribution in [0.25, 0.3) is 0 Å². The molecule has 1 aromatic carbocycles. The number of halogens is 1. The third-order valence-corrected chi connectivity index (χ3v) is 2.96. The third-order valence-electron chi connectivity index (χ3n) is 2.46. The van der Waals surface area contributed by atoms with Crippen molar-refractivity contribution in [2.75, 3.05) is 34.2 Å². The van der Waals surface area contributed by atoms with Crippen molar-refractivity contribution in [3.63, 3.8) is 0 Å². The lowest BCUT2D eigenvalue weighted by Crippen LogP contribution is -2.36. The second kappa shape index (κ2) is 6.66. The average Bonchev–Trinajstić information content (AvgIpc) is 2.28. The van der Waals surface area contributed by atoms with Crippen LogP contribution in [0.2, 0.25) is 0 Å². The number of rotatable bonds is 5. The van der Waals surface area contributed by atoms with Crippen molar-refractivity contribution in [3.8, 4) is 0 Å². The van der Waals surface area contributed by atoms with Crippen LogP contribution < -0.4 is 0 Å². The molecule has 1 aromatic rings. The summed E-state index contributed by atoms with van der Waals surface area (Å²) in [7, 11) is 5.16. The van der Waals surface area contributed by atoms with Crippen LogP contribution in [0.4, 0.5) is 0 Å². The van der Waals surface area contributed by atoms with Gasteiger partial charge in [-0.25, -0.2) is 0 Å². The zero-order valence-corrected chi connectivity index (χ0v) is 12.4.